The fraction of sp³-hybridized carbons (Fsp3) is 1.00. The Kier molecular flexibility index (Phi) is 6.76. The summed E-state index contributed by atoms with van der Waals surface area (Å²) in [4.78, 5) is 0. The second kappa shape index (κ2) is 7.31. The van der Waals surface area contributed by atoms with Crippen molar-refractivity contribution in [2.75, 3.05) is 12.5 Å². The predicted octanol–water partition coefficient (Wildman–Crippen LogP) is 4.94. The van der Waals surface area contributed by atoms with Crippen molar-refractivity contribution < 1.29 is 13.9 Å². The highest BCUT2D eigenvalue weighted by Crippen LogP contribution is 2.37. The first-order chi connectivity index (χ1) is 9.47. The second-order valence-corrected chi connectivity index (χ2v) is 13.2. The van der Waals surface area contributed by atoms with Gasteiger partial charge in [0, 0.05) is 18.9 Å². The molecule has 1 aliphatic heterocycles. The van der Waals surface area contributed by atoms with E-state index < -0.39 is 14.1 Å². The average molecular weight is 337 g/mol. The smallest absolute Gasteiger partial charge is 0.191 e. The summed E-state index contributed by atoms with van der Waals surface area (Å²) >= 11 is 5.85. The quantitative estimate of drug-likeness (QED) is 0.508. The molecule has 0 aromatic rings. The molecule has 2 atom stereocenters. The van der Waals surface area contributed by atoms with Crippen LogP contribution in [0.2, 0.25) is 18.1 Å². The highest BCUT2D eigenvalue weighted by Gasteiger charge is 2.38. The van der Waals surface area contributed by atoms with Gasteiger partial charge < -0.3 is 13.9 Å². The maximum atomic E-state index is 6.25. The number of halogens is 1. The van der Waals surface area contributed by atoms with Crippen molar-refractivity contribution in [1.82, 2.24) is 0 Å². The van der Waals surface area contributed by atoms with Crippen molar-refractivity contribution >= 4 is 19.9 Å². The molecule has 0 spiro atoms. The fourth-order valence-corrected chi connectivity index (χ4v) is 3.66. The van der Waals surface area contributed by atoms with Gasteiger partial charge in [-0.2, -0.15) is 0 Å². The van der Waals surface area contributed by atoms with E-state index in [2.05, 4.69) is 33.9 Å². The SMILES string of the molecule is CC1(C)O[C@H](CCCl)C[C@H](CCO[Si](C)(C)C(C)(C)C)O1. The van der Waals surface area contributed by atoms with Gasteiger partial charge in [0.1, 0.15) is 0 Å². The zero-order valence-corrected chi connectivity index (χ0v) is 16.5. The Bertz CT molecular complexity index is 326. The van der Waals surface area contributed by atoms with Crippen LogP contribution in [0.4, 0.5) is 0 Å². The lowest BCUT2D eigenvalue weighted by Crippen LogP contribution is -2.46. The molecule has 1 rings (SSSR count). The van der Waals surface area contributed by atoms with Gasteiger partial charge in [-0.3, -0.25) is 0 Å². The molecule has 0 saturated carbocycles. The minimum absolute atomic E-state index is 0.198. The summed E-state index contributed by atoms with van der Waals surface area (Å²) in [5, 5.41) is 0.254. The number of ether oxygens (including phenoxy) is 2. The van der Waals surface area contributed by atoms with Crippen LogP contribution >= 0.6 is 11.6 Å². The molecule has 0 aromatic carbocycles. The Balaban J connectivity index is 2.47. The van der Waals surface area contributed by atoms with Crippen molar-refractivity contribution in [1.29, 1.82) is 0 Å². The molecule has 3 nitrogen and oxygen atoms in total. The Hall–Kier alpha value is 0.387. The van der Waals surface area contributed by atoms with E-state index in [-0.39, 0.29) is 17.2 Å². The number of rotatable bonds is 6. The van der Waals surface area contributed by atoms with E-state index in [1.165, 1.54) is 0 Å². The monoisotopic (exact) mass is 336 g/mol. The predicted molar refractivity (Wildman–Crippen MR) is 91.5 cm³/mol. The Labute approximate surface area is 136 Å². The molecule has 0 N–H and O–H groups in total. The van der Waals surface area contributed by atoms with Gasteiger partial charge in [0.2, 0.25) is 0 Å². The van der Waals surface area contributed by atoms with Gasteiger partial charge in [0.05, 0.1) is 12.2 Å². The van der Waals surface area contributed by atoms with Crippen molar-refractivity contribution in [2.24, 2.45) is 0 Å². The first kappa shape index (κ1) is 19.4. The maximum Gasteiger partial charge on any atom is 0.191 e. The summed E-state index contributed by atoms with van der Waals surface area (Å²) in [7, 11) is -1.67. The standard InChI is InChI=1S/C16H33ClO3Si/c1-15(2,3)21(6,7)18-11-9-14-12-13(8-10-17)19-16(4,5)20-14/h13-14H,8-12H2,1-7H3/t13-,14+/m1/s1. The minimum atomic E-state index is -1.67. The summed E-state index contributed by atoms with van der Waals surface area (Å²) in [5.41, 5.74) is 0. The second-order valence-electron chi connectivity index (χ2n) is 7.99. The first-order valence-electron chi connectivity index (χ1n) is 8.02. The third-order valence-corrected chi connectivity index (χ3v) is 9.32. The third-order valence-electron chi connectivity index (χ3n) is 4.57. The van der Waals surface area contributed by atoms with Gasteiger partial charge in [-0.05, 0) is 44.8 Å². The minimum Gasteiger partial charge on any atom is -0.417 e. The van der Waals surface area contributed by atoms with Gasteiger partial charge in [-0.25, -0.2) is 0 Å². The van der Waals surface area contributed by atoms with E-state index in [4.69, 9.17) is 25.5 Å². The zero-order chi connectivity index (χ0) is 16.3. The van der Waals surface area contributed by atoms with Crippen molar-refractivity contribution in [3.63, 3.8) is 0 Å². The Morgan fingerprint density at radius 2 is 1.67 bits per heavy atom. The van der Waals surface area contributed by atoms with E-state index in [1.807, 2.05) is 13.8 Å². The van der Waals surface area contributed by atoms with Gasteiger partial charge >= 0.3 is 0 Å². The lowest BCUT2D eigenvalue weighted by molar-refractivity contribution is -0.300. The zero-order valence-electron chi connectivity index (χ0n) is 14.8. The highest BCUT2D eigenvalue weighted by molar-refractivity contribution is 6.74. The molecule has 21 heavy (non-hydrogen) atoms. The molecule has 1 aliphatic rings. The van der Waals surface area contributed by atoms with Crippen LogP contribution < -0.4 is 0 Å². The first-order valence-corrected chi connectivity index (χ1v) is 11.5. The molecule has 0 unspecified atom stereocenters. The van der Waals surface area contributed by atoms with Crippen LogP contribution in [0.1, 0.15) is 53.9 Å². The van der Waals surface area contributed by atoms with Gasteiger partial charge in [-0.1, -0.05) is 20.8 Å². The van der Waals surface area contributed by atoms with E-state index >= 15 is 0 Å². The van der Waals surface area contributed by atoms with Crippen molar-refractivity contribution in [2.45, 2.75) is 90.0 Å². The molecule has 1 fully saturated rings. The molecule has 0 aliphatic carbocycles. The molecule has 0 radical (unpaired) electrons. The van der Waals surface area contributed by atoms with E-state index in [0.29, 0.717) is 5.88 Å². The molecule has 0 aromatic heterocycles. The van der Waals surface area contributed by atoms with Gasteiger partial charge in [0.15, 0.2) is 14.1 Å². The lowest BCUT2D eigenvalue weighted by Gasteiger charge is -2.41. The molecular weight excluding hydrogens is 304 g/mol. The molecule has 1 heterocycles. The highest BCUT2D eigenvalue weighted by atomic mass is 35.5. The summed E-state index contributed by atoms with van der Waals surface area (Å²) in [6.45, 7) is 16.1. The Morgan fingerprint density at radius 3 is 2.14 bits per heavy atom. The van der Waals surface area contributed by atoms with Crippen LogP contribution in [0, 0.1) is 0 Å². The average Bonchev–Trinajstić information content (AvgIpc) is 2.25. The number of alkyl halides is 1. The van der Waals surface area contributed by atoms with E-state index in [1.54, 1.807) is 0 Å². The summed E-state index contributed by atoms with van der Waals surface area (Å²) in [6.07, 6.45) is 3.12. The van der Waals surface area contributed by atoms with Gasteiger partial charge in [-0.15, -0.1) is 11.6 Å². The van der Waals surface area contributed by atoms with Gasteiger partial charge in [0.25, 0.3) is 0 Å². The third kappa shape index (κ3) is 6.18. The molecule has 0 bridgehead atoms. The molecule has 1 saturated heterocycles. The molecule has 0 amide bonds. The topological polar surface area (TPSA) is 27.7 Å². The van der Waals surface area contributed by atoms with Crippen molar-refractivity contribution in [3.05, 3.63) is 0 Å². The van der Waals surface area contributed by atoms with Crippen molar-refractivity contribution in [3.8, 4) is 0 Å². The van der Waals surface area contributed by atoms with E-state index in [0.717, 1.165) is 25.9 Å². The Morgan fingerprint density at radius 1 is 1.14 bits per heavy atom. The summed E-state index contributed by atoms with van der Waals surface area (Å²) in [5.74, 6) is 0.116. The molecule has 5 heteroatoms. The van der Waals surface area contributed by atoms with Crippen LogP contribution in [-0.2, 0) is 13.9 Å². The van der Waals surface area contributed by atoms with E-state index in [9.17, 15) is 0 Å². The van der Waals surface area contributed by atoms with Crippen LogP contribution in [0.15, 0.2) is 0 Å². The van der Waals surface area contributed by atoms with Crippen LogP contribution in [-0.4, -0.2) is 38.8 Å². The van der Waals surface area contributed by atoms with Crippen LogP contribution in [0.5, 0.6) is 0 Å². The van der Waals surface area contributed by atoms with Crippen LogP contribution in [0.25, 0.3) is 0 Å². The largest absolute Gasteiger partial charge is 0.417 e. The summed E-state index contributed by atoms with van der Waals surface area (Å²) in [6, 6.07) is 0. The number of hydrogen-bond acceptors (Lipinski definition) is 3. The normalized spacial score (nSPS) is 26.9. The summed E-state index contributed by atoms with van der Waals surface area (Å²) < 4.78 is 18.2. The lowest BCUT2D eigenvalue weighted by atomic mass is 10.0. The maximum absolute atomic E-state index is 6.25. The molecule has 126 valence electrons. The molecular formula is C16H33ClO3Si. The van der Waals surface area contributed by atoms with Crippen LogP contribution in [0.3, 0.4) is 0 Å². The fourth-order valence-electron chi connectivity index (χ4n) is 2.36. The number of hydrogen-bond donors (Lipinski definition) is 0.